The summed E-state index contributed by atoms with van der Waals surface area (Å²) in [7, 11) is 1.63. The summed E-state index contributed by atoms with van der Waals surface area (Å²) in [5.41, 5.74) is 0.145. The van der Waals surface area contributed by atoms with Crippen molar-refractivity contribution in [2.45, 2.75) is 25.3 Å². The van der Waals surface area contributed by atoms with Crippen molar-refractivity contribution in [2.24, 2.45) is 7.05 Å². The fourth-order valence-electron chi connectivity index (χ4n) is 2.16. The molecular formula is C13H15N3O2. The van der Waals surface area contributed by atoms with Crippen LogP contribution in [0.3, 0.4) is 0 Å². The van der Waals surface area contributed by atoms with Crippen LogP contribution in [0.5, 0.6) is 0 Å². The Bertz CT molecular complexity index is 556. The van der Waals surface area contributed by atoms with Gasteiger partial charge in [-0.2, -0.15) is 5.26 Å². The molecule has 1 atom stereocenters. The predicted molar refractivity (Wildman–Crippen MR) is 66.0 cm³/mol. The third-order valence-electron chi connectivity index (χ3n) is 3.26. The van der Waals surface area contributed by atoms with E-state index >= 15 is 0 Å². The van der Waals surface area contributed by atoms with Gasteiger partial charge in [0.05, 0.1) is 6.07 Å². The van der Waals surface area contributed by atoms with Gasteiger partial charge in [0.1, 0.15) is 6.04 Å². The standard InChI is InChI=1S/C13H15N3O2/c1-15-7-5-10(8-12(15)17)13(18)16-6-3-2-4-11(16)9-14/h5,7-8,11H,2-4,6H2,1H3. The van der Waals surface area contributed by atoms with E-state index in [0.717, 1.165) is 12.8 Å². The minimum Gasteiger partial charge on any atom is -0.323 e. The van der Waals surface area contributed by atoms with Crippen molar-refractivity contribution in [3.8, 4) is 6.07 Å². The molecule has 94 valence electrons. The lowest BCUT2D eigenvalue weighted by Gasteiger charge is -2.31. The highest BCUT2D eigenvalue weighted by Crippen LogP contribution is 2.18. The number of carbonyl (C=O) groups is 1. The van der Waals surface area contributed by atoms with Crippen molar-refractivity contribution in [3.05, 3.63) is 34.2 Å². The number of likely N-dealkylation sites (tertiary alicyclic amines) is 1. The fraction of sp³-hybridized carbons (Fsp3) is 0.462. The van der Waals surface area contributed by atoms with E-state index in [4.69, 9.17) is 5.26 Å². The van der Waals surface area contributed by atoms with Gasteiger partial charge in [0.15, 0.2) is 0 Å². The van der Waals surface area contributed by atoms with E-state index in [0.29, 0.717) is 18.5 Å². The number of carbonyl (C=O) groups excluding carboxylic acids is 1. The normalized spacial score (nSPS) is 19.3. The average Bonchev–Trinajstić information content (AvgIpc) is 2.41. The van der Waals surface area contributed by atoms with Gasteiger partial charge in [-0.05, 0) is 25.3 Å². The maximum atomic E-state index is 12.3. The lowest BCUT2D eigenvalue weighted by molar-refractivity contribution is 0.0670. The van der Waals surface area contributed by atoms with E-state index in [1.54, 1.807) is 24.2 Å². The van der Waals surface area contributed by atoms with Gasteiger partial charge in [-0.15, -0.1) is 0 Å². The van der Waals surface area contributed by atoms with Gasteiger partial charge in [-0.25, -0.2) is 0 Å². The summed E-state index contributed by atoms with van der Waals surface area (Å²) in [6.45, 7) is 0.590. The van der Waals surface area contributed by atoms with Crippen molar-refractivity contribution in [1.29, 1.82) is 5.26 Å². The Morgan fingerprint density at radius 1 is 1.50 bits per heavy atom. The SMILES string of the molecule is Cn1ccc(C(=O)N2CCCCC2C#N)cc1=O. The first-order chi connectivity index (χ1) is 8.63. The second-order valence-corrected chi connectivity index (χ2v) is 4.50. The Kier molecular flexibility index (Phi) is 3.47. The molecule has 1 saturated heterocycles. The molecule has 0 N–H and O–H groups in total. The first-order valence-electron chi connectivity index (χ1n) is 6.01. The quantitative estimate of drug-likeness (QED) is 0.738. The van der Waals surface area contributed by atoms with Crippen LogP contribution in [0.25, 0.3) is 0 Å². The molecule has 1 aromatic heterocycles. The summed E-state index contributed by atoms with van der Waals surface area (Å²) in [6, 6.07) is 4.73. The summed E-state index contributed by atoms with van der Waals surface area (Å²) in [6.07, 6.45) is 4.17. The molecule has 2 rings (SSSR count). The fourth-order valence-corrected chi connectivity index (χ4v) is 2.16. The maximum absolute atomic E-state index is 12.3. The second kappa shape index (κ2) is 5.05. The molecular weight excluding hydrogens is 230 g/mol. The van der Waals surface area contributed by atoms with Crippen LogP contribution in [0.4, 0.5) is 0 Å². The molecule has 0 saturated carbocycles. The molecule has 0 bridgehead atoms. The third kappa shape index (κ3) is 2.28. The molecule has 2 heterocycles. The van der Waals surface area contributed by atoms with Gasteiger partial charge < -0.3 is 9.47 Å². The zero-order valence-corrected chi connectivity index (χ0v) is 10.3. The highest BCUT2D eigenvalue weighted by Gasteiger charge is 2.27. The number of aromatic nitrogens is 1. The minimum atomic E-state index is -0.365. The molecule has 1 fully saturated rings. The molecule has 1 aliphatic heterocycles. The number of amides is 1. The van der Waals surface area contributed by atoms with E-state index < -0.39 is 0 Å². The molecule has 1 amide bonds. The first kappa shape index (κ1) is 12.4. The van der Waals surface area contributed by atoms with Crippen molar-refractivity contribution in [2.75, 3.05) is 6.54 Å². The predicted octanol–water partition coefficient (Wildman–Crippen LogP) is 0.904. The molecule has 1 aromatic rings. The number of pyridine rings is 1. The molecule has 0 aromatic carbocycles. The van der Waals surface area contributed by atoms with E-state index in [1.807, 2.05) is 0 Å². The summed E-state index contributed by atoms with van der Waals surface area (Å²) >= 11 is 0. The summed E-state index contributed by atoms with van der Waals surface area (Å²) in [5.74, 6) is -0.223. The molecule has 18 heavy (non-hydrogen) atoms. The van der Waals surface area contributed by atoms with Crippen LogP contribution in [0.2, 0.25) is 0 Å². The first-order valence-corrected chi connectivity index (χ1v) is 6.01. The van der Waals surface area contributed by atoms with Gasteiger partial charge >= 0.3 is 0 Å². The maximum Gasteiger partial charge on any atom is 0.255 e. The zero-order chi connectivity index (χ0) is 13.1. The Morgan fingerprint density at radius 2 is 2.28 bits per heavy atom. The molecule has 0 radical (unpaired) electrons. The van der Waals surface area contributed by atoms with Crippen molar-refractivity contribution >= 4 is 5.91 Å². The van der Waals surface area contributed by atoms with Crippen molar-refractivity contribution < 1.29 is 4.79 Å². The highest BCUT2D eigenvalue weighted by atomic mass is 16.2. The molecule has 1 unspecified atom stereocenters. The molecule has 5 heteroatoms. The molecule has 0 aliphatic carbocycles. The van der Waals surface area contributed by atoms with Gasteiger partial charge in [-0.1, -0.05) is 0 Å². The van der Waals surface area contributed by atoms with E-state index in [-0.39, 0.29) is 17.5 Å². The van der Waals surface area contributed by atoms with Crippen molar-refractivity contribution in [3.63, 3.8) is 0 Å². The largest absolute Gasteiger partial charge is 0.323 e. The molecule has 1 aliphatic rings. The Balaban J connectivity index is 2.27. The number of nitrogens with zero attached hydrogens (tertiary/aromatic N) is 3. The van der Waals surface area contributed by atoms with Crippen LogP contribution in [0, 0.1) is 11.3 Å². The number of rotatable bonds is 1. The molecule has 0 spiro atoms. The Hall–Kier alpha value is -2.09. The van der Waals surface area contributed by atoms with Crippen LogP contribution in [0.1, 0.15) is 29.6 Å². The lowest BCUT2D eigenvalue weighted by Crippen LogP contribution is -2.43. The van der Waals surface area contributed by atoms with Gasteiger partial charge in [0.2, 0.25) is 0 Å². The summed E-state index contributed by atoms with van der Waals surface area (Å²) < 4.78 is 1.41. The number of piperidine rings is 1. The smallest absolute Gasteiger partial charge is 0.255 e. The zero-order valence-electron chi connectivity index (χ0n) is 10.3. The number of hydrogen-bond donors (Lipinski definition) is 0. The summed E-state index contributed by atoms with van der Waals surface area (Å²) in [4.78, 5) is 25.3. The molecule has 5 nitrogen and oxygen atoms in total. The van der Waals surface area contributed by atoms with Gasteiger partial charge in [-0.3, -0.25) is 9.59 Å². The number of hydrogen-bond acceptors (Lipinski definition) is 3. The number of nitriles is 1. The van der Waals surface area contributed by atoms with Crippen LogP contribution in [0.15, 0.2) is 23.1 Å². The highest BCUT2D eigenvalue weighted by molar-refractivity contribution is 5.94. The van der Waals surface area contributed by atoms with Crippen LogP contribution >= 0.6 is 0 Å². The number of aryl methyl sites for hydroxylation is 1. The van der Waals surface area contributed by atoms with Gasteiger partial charge in [0, 0.05) is 31.4 Å². The van der Waals surface area contributed by atoms with E-state index in [9.17, 15) is 9.59 Å². The average molecular weight is 245 g/mol. The van der Waals surface area contributed by atoms with Gasteiger partial charge in [0.25, 0.3) is 11.5 Å². The van der Waals surface area contributed by atoms with E-state index in [2.05, 4.69) is 6.07 Å². The monoisotopic (exact) mass is 245 g/mol. The van der Waals surface area contributed by atoms with Crippen LogP contribution < -0.4 is 5.56 Å². The lowest BCUT2D eigenvalue weighted by atomic mass is 10.0. The third-order valence-corrected chi connectivity index (χ3v) is 3.26. The van der Waals surface area contributed by atoms with Crippen LogP contribution in [-0.4, -0.2) is 28.0 Å². The second-order valence-electron chi connectivity index (χ2n) is 4.50. The topological polar surface area (TPSA) is 66.1 Å². The van der Waals surface area contributed by atoms with Crippen LogP contribution in [-0.2, 0) is 7.05 Å². The summed E-state index contributed by atoms with van der Waals surface area (Å²) in [5, 5.41) is 9.05. The Morgan fingerprint density at radius 3 is 2.94 bits per heavy atom. The van der Waals surface area contributed by atoms with Crippen molar-refractivity contribution in [1.82, 2.24) is 9.47 Å². The van der Waals surface area contributed by atoms with E-state index in [1.165, 1.54) is 10.6 Å². The Labute approximate surface area is 105 Å². The minimum absolute atomic E-state index is 0.216.